The Morgan fingerprint density at radius 1 is 1.18 bits per heavy atom. The Labute approximate surface area is 152 Å². The quantitative estimate of drug-likeness (QED) is 0.401. The van der Waals surface area contributed by atoms with Crippen LogP contribution in [-0.2, 0) is 0 Å². The number of halogens is 1. The van der Waals surface area contributed by atoms with E-state index in [1.165, 1.54) is 38.9 Å². The smallest absolute Gasteiger partial charge is 0.194 e. The van der Waals surface area contributed by atoms with E-state index in [0.717, 1.165) is 44.5 Å². The minimum absolute atomic E-state index is 0. The second-order valence-electron chi connectivity index (χ2n) is 6.29. The third kappa shape index (κ3) is 6.20. The van der Waals surface area contributed by atoms with Gasteiger partial charge in [-0.05, 0) is 58.2 Å². The zero-order valence-electron chi connectivity index (χ0n) is 14.1. The summed E-state index contributed by atoms with van der Waals surface area (Å²) in [6, 6.07) is 0. The maximum Gasteiger partial charge on any atom is 0.194 e. The number of nitrogens with one attached hydrogen (secondary N) is 1. The summed E-state index contributed by atoms with van der Waals surface area (Å²) in [5.41, 5.74) is 0. The average molecular weight is 424 g/mol. The zero-order chi connectivity index (χ0) is 15.1. The van der Waals surface area contributed by atoms with Crippen molar-refractivity contribution in [1.82, 2.24) is 15.1 Å². The maximum atomic E-state index is 9.67. The van der Waals surface area contributed by atoms with Crippen molar-refractivity contribution >= 4 is 29.9 Å². The van der Waals surface area contributed by atoms with Crippen LogP contribution in [0.2, 0.25) is 0 Å². The summed E-state index contributed by atoms with van der Waals surface area (Å²) in [5, 5.41) is 13.0. The first-order valence-corrected chi connectivity index (χ1v) is 8.66. The van der Waals surface area contributed by atoms with Gasteiger partial charge in [-0.15, -0.1) is 24.0 Å². The monoisotopic (exact) mass is 424 g/mol. The number of guanidine groups is 1. The Hall–Kier alpha value is -0.0800. The number of aliphatic imine (C=N–C) groups is 1. The van der Waals surface area contributed by atoms with Crippen LogP contribution in [0.1, 0.15) is 39.5 Å². The van der Waals surface area contributed by atoms with Gasteiger partial charge in [-0.2, -0.15) is 0 Å². The summed E-state index contributed by atoms with van der Waals surface area (Å²) in [5.74, 6) is 1.82. The van der Waals surface area contributed by atoms with Crippen LogP contribution in [0.15, 0.2) is 4.99 Å². The Bertz CT molecular complexity index is 332. The fourth-order valence-corrected chi connectivity index (χ4v) is 3.30. The Morgan fingerprint density at radius 2 is 1.91 bits per heavy atom. The van der Waals surface area contributed by atoms with Crippen molar-refractivity contribution in [2.45, 2.75) is 45.6 Å². The molecular formula is C16H33IN4O. The lowest BCUT2D eigenvalue weighted by molar-refractivity contribution is 0.186. The van der Waals surface area contributed by atoms with Crippen LogP contribution in [0.4, 0.5) is 0 Å². The summed E-state index contributed by atoms with van der Waals surface area (Å²) in [4.78, 5) is 9.50. The number of aliphatic hydroxyl groups excluding tert-OH is 1. The van der Waals surface area contributed by atoms with Crippen LogP contribution in [0, 0.1) is 5.92 Å². The Kier molecular flexibility index (Phi) is 9.66. The average Bonchev–Trinajstić information content (AvgIpc) is 2.93. The number of piperidine rings is 1. The fraction of sp³-hybridized carbons (Fsp3) is 0.938. The SMILES string of the molecule is CCNC(=NCCC1CCN(CC)CC1)N1CC[C@@H](O)C1.I. The molecule has 0 aliphatic carbocycles. The van der Waals surface area contributed by atoms with Gasteiger partial charge in [0.15, 0.2) is 5.96 Å². The molecule has 0 radical (unpaired) electrons. The molecule has 0 aromatic rings. The largest absolute Gasteiger partial charge is 0.391 e. The van der Waals surface area contributed by atoms with Crippen molar-refractivity contribution < 1.29 is 5.11 Å². The van der Waals surface area contributed by atoms with Gasteiger partial charge < -0.3 is 20.2 Å². The van der Waals surface area contributed by atoms with E-state index in [1.807, 2.05) is 0 Å². The Balaban J connectivity index is 0.00000242. The van der Waals surface area contributed by atoms with Crippen molar-refractivity contribution in [3.05, 3.63) is 0 Å². The van der Waals surface area contributed by atoms with Gasteiger partial charge in [0, 0.05) is 26.2 Å². The second kappa shape index (κ2) is 10.6. The highest BCUT2D eigenvalue weighted by Gasteiger charge is 2.23. The minimum Gasteiger partial charge on any atom is -0.391 e. The molecule has 0 amide bonds. The minimum atomic E-state index is -0.188. The molecule has 2 aliphatic rings. The molecule has 2 heterocycles. The highest BCUT2D eigenvalue weighted by atomic mass is 127. The van der Waals surface area contributed by atoms with Crippen LogP contribution in [0.5, 0.6) is 0 Å². The molecule has 0 spiro atoms. The molecule has 2 rings (SSSR count). The van der Waals surface area contributed by atoms with Crippen molar-refractivity contribution in [2.75, 3.05) is 45.8 Å². The van der Waals surface area contributed by atoms with E-state index in [-0.39, 0.29) is 30.1 Å². The number of likely N-dealkylation sites (tertiary alicyclic amines) is 2. The van der Waals surface area contributed by atoms with Gasteiger partial charge in [0.05, 0.1) is 6.10 Å². The lowest BCUT2D eigenvalue weighted by atomic mass is 9.94. The molecule has 5 nitrogen and oxygen atoms in total. The van der Waals surface area contributed by atoms with Crippen LogP contribution < -0.4 is 5.32 Å². The highest BCUT2D eigenvalue weighted by Crippen LogP contribution is 2.20. The standard InChI is InChI=1S/C16H32N4O.HI/c1-3-17-16(20-12-8-15(21)13-20)18-9-5-14-6-10-19(4-2)11-7-14;/h14-15,21H,3-13H2,1-2H3,(H,17,18);1H/t15-;/m1./s1. The summed E-state index contributed by atoms with van der Waals surface area (Å²) in [6.07, 6.45) is 4.51. The molecule has 0 aromatic carbocycles. The predicted octanol–water partition coefficient (Wildman–Crippen LogP) is 1.76. The maximum absolute atomic E-state index is 9.67. The van der Waals surface area contributed by atoms with Gasteiger partial charge in [-0.25, -0.2) is 0 Å². The third-order valence-corrected chi connectivity index (χ3v) is 4.75. The third-order valence-electron chi connectivity index (χ3n) is 4.75. The fourth-order valence-electron chi connectivity index (χ4n) is 3.30. The van der Waals surface area contributed by atoms with E-state index in [9.17, 15) is 5.11 Å². The lowest BCUT2D eigenvalue weighted by Crippen LogP contribution is -2.40. The first-order valence-electron chi connectivity index (χ1n) is 8.66. The van der Waals surface area contributed by atoms with Gasteiger partial charge in [0.25, 0.3) is 0 Å². The summed E-state index contributed by atoms with van der Waals surface area (Å²) in [7, 11) is 0. The van der Waals surface area contributed by atoms with E-state index < -0.39 is 0 Å². The molecule has 2 saturated heterocycles. The van der Waals surface area contributed by atoms with Gasteiger partial charge in [0.1, 0.15) is 0 Å². The zero-order valence-corrected chi connectivity index (χ0v) is 16.5. The van der Waals surface area contributed by atoms with E-state index in [2.05, 4.69) is 29.0 Å². The molecular weight excluding hydrogens is 391 g/mol. The molecule has 2 aliphatic heterocycles. The van der Waals surface area contributed by atoms with Gasteiger partial charge >= 0.3 is 0 Å². The molecule has 0 bridgehead atoms. The van der Waals surface area contributed by atoms with Crippen LogP contribution in [-0.4, -0.2) is 72.8 Å². The number of rotatable bonds is 5. The van der Waals surface area contributed by atoms with E-state index in [1.54, 1.807) is 0 Å². The second-order valence-corrected chi connectivity index (χ2v) is 6.29. The number of β-amino-alcohol motifs (C(OH)–C–C–N with tert-alkyl or cyclic N) is 1. The molecule has 130 valence electrons. The predicted molar refractivity (Wildman–Crippen MR) is 103 cm³/mol. The van der Waals surface area contributed by atoms with Gasteiger partial charge in [-0.3, -0.25) is 4.99 Å². The molecule has 2 fully saturated rings. The first-order chi connectivity index (χ1) is 10.2. The number of aliphatic hydroxyl groups is 1. The molecule has 0 unspecified atom stereocenters. The van der Waals surface area contributed by atoms with Crippen LogP contribution in [0.25, 0.3) is 0 Å². The van der Waals surface area contributed by atoms with Crippen LogP contribution >= 0.6 is 24.0 Å². The lowest BCUT2D eigenvalue weighted by Gasteiger charge is -2.30. The van der Waals surface area contributed by atoms with Gasteiger partial charge in [-0.1, -0.05) is 6.92 Å². The van der Waals surface area contributed by atoms with Crippen molar-refractivity contribution in [3.63, 3.8) is 0 Å². The van der Waals surface area contributed by atoms with E-state index >= 15 is 0 Å². The topological polar surface area (TPSA) is 51.1 Å². The molecule has 0 aromatic heterocycles. The first kappa shape index (κ1) is 20.0. The van der Waals surface area contributed by atoms with Crippen molar-refractivity contribution in [3.8, 4) is 0 Å². The van der Waals surface area contributed by atoms with Crippen molar-refractivity contribution in [1.29, 1.82) is 0 Å². The summed E-state index contributed by atoms with van der Waals surface area (Å²) >= 11 is 0. The van der Waals surface area contributed by atoms with Crippen LogP contribution in [0.3, 0.4) is 0 Å². The summed E-state index contributed by atoms with van der Waals surface area (Å²) in [6.45, 7) is 11.5. The number of hydrogen-bond acceptors (Lipinski definition) is 3. The number of nitrogens with zero attached hydrogens (tertiary/aromatic N) is 3. The number of hydrogen-bond donors (Lipinski definition) is 2. The Morgan fingerprint density at radius 3 is 2.45 bits per heavy atom. The summed E-state index contributed by atoms with van der Waals surface area (Å²) < 4.78 is 0. The van der Waals surface area contributed by atoms with Gasteiger partial charge in [0.2, 0.25) is 0 Å². The van der Waals surface area contributed by atoms with E-state index in [0.29, 0.717) is 0 Å². The van der Waals surface area contributed by atoms with Crippen molar-refractivity contribution in [2.24, 2.45) is 10.9 Å². The molecule has 2 N–H and O–H groups in total. The normalized spacial score (nSPS) is 24.4. The molecule has 22 heavy (non-hydrogen) atoms. The molecule has 1 atom stereocenters. The highest BCUT2D eigenvalue weighted by molar-refractivity contribution is 14.0. The van der Waals surface area contributed by atoms with E-state index in [4.69, 9.17) is 4.99 Å². The molecule has 6 heteroatoms. The molecule has 0 saturated carbocycles.